The van der Waals surface area contributed by atoms with Gasteiger partial charge in [0.15, 0.2) is 0 Å². The third-order valence-electron chi connectivity index (χ3n) is 3.94. The second-order valence-electron chi connectivity index (χ2n) is 5.97. The summed E-state index contributed by atoms with van der Waals surface area (Å²) in [5, 5.41) is 19.0. The molecule has 0 aliphatic carbocycles. The molecule has 0 bridgehead atoms. The van der Waals surface area contributed by atoms with Gasteiger partial charge in [0, 0.05) is 18.7 Å². The molecule has 31 heavy (non-hydrogen) atoms. The third-order valence-corrected chi connectivity index (χ3v) is 3.94. The van der Waals surface area contributed by atoms with Gasteiger partial charge in [-0.15, -0.1) is 0 Å². The highest BCUT2D eigenvalue weighted by Gasteiger charge is 2.38. The van der Waals surface area contributed by atoms with E-state index in [0.29, 0.717) is 24.3 Å². The summed E-state index contributed by atoms with van der Waals surface area (Å²) in [5.74, 6) is -4.68. The van der Waals surface area contributed by atoms with Crippen LogP contribution in [0.5, 0.6) is 0 Å². The molecule has 0 saturated heterocycles. The van der Waals surface area contributed by atoms with Gasteiger partial charge in [-0.3, -0.25) is 4.79 Å². The monoisotopic (exact) mass is 444 g/mol. The third kappa shape index (κ3) is 7.61. The lowest BCUT2D eigenvalue weighted by atomic mass is 10.1. The normalized spacial score (nSPS) is 10.5. The Hall–Kier alpha value is -3.63. The Labute approximate surface area is 174 Å². The Morgan fingerprint density at radius 3 is 1.84 bits per heavy atom. The summed E-state index contributed by atoms with van der Waals surface area (Å²) in [5.41, 5.74) is 1.52. The average Bonchev–Trinajstić information content (AvgIpc) is 2.70. The van der Waals surface area contributed by atoms with Crippen molar-refractivity contribution < 1.29 is 42.2 Å². The molecular formula is C20H20F4N2O5. The number of nitrogens with one attached hydrogen (secondary N) is 1. The number of alkyl halides is 3. The van der Waals surface area contributed by atoms with Crippen LogP contribution in [0.25, 0.3) is 0 Å². The minimum Gasteiger partial charge on any atom is -0.478 e. The molecule has 0 aliphatic heterocycles. The fraction of sp³-hybridized carbons (Fsp3) is 0.250. The van der Waals surface area contributed by atoms with Gasteiger partial charge in [0.2, 0.25) is 0 Å². The summed E-state index contributed by atoms with van der Waals surface area (Å²) < 4.78 is 44.7. The van der Waals surface area contributed by atoms with E-state index in [1.807, 2.05) is 18.7 Å². The number of aromatic carboxylic acids is 1. The number of aliphatic carboxylic acids is 1. The molecule has 0 radical (unpaired) electrons. The lowest BCUT2D eigenvalue weighted by Gasteiger charge is -2.24. The van der Waals surface area contributed by atoms with Crippen molar-refractivity contribution in [3.05, 3.63) is 59.4 Å². The van der Waals surface area contributed by atoms with Gasteiger partial charge >= 0.3 is 18.1 Å². The van der Waals surface area contributed by atoms with E-state index in [0.717, 1.165) is 5.69 Å². The van der Waals surface area contributed by atoms with Crippen molar-refractivity contribution in [2.24, 2.45) is 0 Å². The smallest absolute Gasteiger partial charge is 0.478 e. The Balaban J connectivity index is 0.000000592. The van der Waals surface area contributed by atoms with Crippen molar-refractivity contribution in [1.82, 2.24) is 0 Å². The number of benzene rings is 2. The number of halogens is 4. The summed E-state index contributed by atoms with van der Waals surface area (Å²) in [6.07, 6.45) is -5.08. The summed E-state index contributed by atoms with van der Waals surface area (Å²) in [7, 11) is 0. The molecule has 2 rings (SSSR count). The molecule has 3 N–H and O–H groups in total. The minimum atomic E-state index is -5.08. The molecule has 0 aromatic heterocycles. The lowest BCUT2D eigenvalue weighted by Crippen LogP contribution is -2.24. The van der Waals surface area contributed by atoms with Gasteiger partial charge in [0.05, 0.1) is 16.9 Å². The Bertz CT molecular complexity index is 926. The number of rotatable bonds is 6. The van der Waals surface area contributed by atoms with Crippen LogP contribution >= 0.6 is 0 Å². The molecule has 1 amide bonds. The van der Waals surface area contributed by atoms with Crippen LogP contribution in [-0.4, -0.2) is 47.3 Å². The first-order valence-electron chi connectivity index (χ1n) is 8.90. The molecule has 11 heteroatoms. The number of carboxylic acids is 2. The van der Waals surface area contributed by atoms with Crippen LogP contribution in [0.3, 0.4) is 0 Å². The molecule has 2 aromatic carbocycles. The molecule has 0 fully saturated rings. The number of carbonyl (C=O) groups excluding carboxylic acids is 1. The van der Waals surface area contributed by atoms with Crippen LogP contribution < -0.4 is 10.2 Å². The number of nitrogens with zero attached hydrogens (tertiary/aromatic N) is 1. The first-order chi connectivity index (χ1) is 14.4. The molecule has 0 spiro atoms. The predicted molar refractivity (Wildman–Crippen MR) is 105 cm³/mol. The fourth-order valence-electron chi connectivity index (χ4n) is 2.40. The Morgan fingerprint density at radius 2 is 1.42 bits per heavy atom. The van der Waals surface area contributed by atoms with Crippen LogP contribution in [0.4, 0.5) is 28.9 Å². The largest absolute Gasteiger partial charge is 0.490 e. The van der Waals surface area contributed by atoms with Gasteiger partial charge in [0.1, 0.15) is 5.82 Å². The maximum absolute atomic E-state index is 13.0. The van der Waals surface area contributed by atoms with Crippen molar-refractivity contribution in [2.75, 3.05) is 23.3 Å². The SMILES string of the molecule is CCN(CC)c1ccc(C(=O)O)cc1NC(=O)c1ccc(F)cc1.O=C(O)C(F)(F)F. The van der Waals surface area contributed by atoms with Gasteiger partial charge in [-0.1, -0.05) is 0 Å². The standard InChI is InChI=1S/C18H19FN2O3.C2HF3O2/c1-3-21(4-2)16-10-7-13(18(23)24)11-15(16)20-17(22)12-5-8-14(19)9-6-12;3-2(4,5)1(6)7/h5-11H,3-4H2,1-2H3,(H,20,22)(H,23,24);(H,6,7). The molecule has 0 atom stereocenters. The minimum absolute atomic E-state index is 0.0836. The molecule has 0 saturated carbocycles. The van der Waals surface area contributed by atoms with Crippen molar-refractivity contribution in [3.63, 3.8) is 0 Å². The highest BCUT2D eigenvalue weighted by atomic mass is 19.4. The quantitative estimate of drug-likeness (QED) is 0.575. The first kappa shape index (κ1) is 25.4. The van der Waals surface area contributed by atoms with Gasteiger partial charge in [0.25, 0.3) is 5.91 Å². The Kier molecular flexibility index (Phi) is 8.97. The summed E-state index contributed by atoms with van der Waals surface area (Å²) >= 11 is 0. The zero-order valence-corrected chi connectivity index (χ0v) is 16.5. The number of carbonyl (C=O) groups is 3. The number of hydrogen-bond acceptors (Lipinski definition) is 4. The van der Waals surface area contributed by atoms with Crippen LogP contribution in [0, 0.1) is 5.82 Å². The molecule has 168 valence electrons. The molecular weight excluding hydrogens is 424 g/mol. The second kappa shape index (κ2) is 11.0. The van der Waals surface area contributed by atoms with Gasteiger partial charge in [-0.05, 0) is 56.3 Å². The van der Waals surface area contributed by atoms with Crippen molar-refractivity contribution in [3.8, 4) is 0 Å². The first-order valence-corrected chi connectivity index (χ1v) is 8.90. The van der Waals surface area contributed by atoms with Gasteiger partial charge in [-0.2, -0.15) is 13.2 Å². The van der Waals surface area contributed by atoms with Crippen molar-refractivity contribution in [2.45, 2.75) is 20.0 Å². The zero-order valence-electron chi connectivity index (χ0n) is 16.5. The number of amides is 1. The fourth-order valence-corrected chi connectivity index (χ4v) is 2.40. The second-order valence-corrected chi connectivity index (χ2v) is 5.97. The topological polar surface area (TPSA) is 107 Å². The molecule has 0 unspecified atom stereocenters. The van der Waals surface area contributed by atoms with E-state index in [2.05, 4.69) is 5.32 Å². The number of anilines is 2. The highest BCUT2D eigenvalue weighted by Crippen LogP contribution is 2.28. The van der Waals surface area contributed by atoms with E-state index in [9.17, 15) is 27.2 Å². The van der Waals surface area contributed by atoms with Crippen LogP contribution in [0.15, 0.2) is 42.5 Å². The average molecular weight is 444 g/mol. The Morgan fingerprint density at radius 1 is 0.935 bits per heavy atom. The molecule has 0 aliphatic rings. The highest BCUT2D eigenvalue weighted by molar-refractivity contribution is 6.06. The van der Waals surface area contributed by atoms with E-state index in [1.54, 1.807) is 6.07 Å². The number of hydrogen-bond donors (Lipinski definition) is 3. The van der Waals surface area contributed by atoms with Crippen molar-refractivity contribution >= 4 is 29.2 Å². The van der Waals surface area contributed by atoms with Gasteiger partial charge < -0.3 is 20.4 Å². The van der Waals surface area contributed by atoms with Crippen molar-refractivity contribution in [1.29, 1.82) is 0 Å². The summed E-state index contributed by atoms with van der Waals surface area (Å²) in [6.45, 7) is 5.37. The van der Waals surface area contributed by atoms with E-state index in [4.69, 9.17) is 15.0 Å². The maximum atomic E-state index is 13.0. The predicted octanol–water partition coefficient (Wildman–Crippen LogP) is 4.26. The molecule has 0 heterocycles. The van der Waals surface area contributed by atoms with Crippen LogP contribution in [0.1, 0.15) is 34.6 Å². The van der Waals surface area contributed by atoms with E-state index in [1.165, 1.54) is 36.4 Å². The summed E-state index contributed by atoms with van der Waals surface area (Å²) in [4.78, 5) is 34.5. The summed E-state index contributed by atoms with van der Waals surface area (Å²) in [6, 6.07) is 9.77. The van der Waals surface area contributed by atoms with Gasteiger partial charge in [-0.25, -0.2) is 14.0 Å². The molecule has 2 aromatic rings. The van der Waals surface area contributed by atoms with E-state index >= 15 is 0 Å². The van der Waals surface area contributed by atoms with E-state index in [-0.39, 0.29) is 5.56 Å². The molecule has 7 nitrogen and oxygen atoms in total. The van der Waals surface area contributed by atoms with Crippen LogP contribution in [-0.2, 0) is 4.79 Å². The lowest BCUT2D eigenvalue weighted by molar-refractivity contribution is -0.192. The number of carboxylic acid groups (broad SMARTS) is 2. The van der Waals surface area contributed by atoms with Crippen LogP contribution in [0.2, 0.25) is 0 Å². The van der Waals surface area contributed by atoms with E-state index < -0.39 is 29.8 Å². The zero-order chi connectivity index (χ0) is 23.8. The maximum Gasteiger partial charge on any atom is 0.490 e.